The highest BCUT2D eigenvalue weighted by Gasteiger charge is 2.45. The quantitative estimate of drug-likeness (QED) is 0.237. The first kappa shape index (κ1) is 35.0. The molecule has 3 amide bonds. The van der Waals surface area contributed by atoms with Crippen molar-refractivity contribution < 1.29 is 28.6 Å². The summed E-state index contributed by atoms with van der Waals surface area (Å²) in [6, 6.07) is 18.5. The number of amidine groups is 1. The van der Waals surface area contributed by atoms with Crippen LogP contribution in [-0.4, -0.2) is 83.4 Å². The van der Waals surface area contributed by atoms with E-state index in [4.69, 9.17) is 42.4 Å². The molecule has 3 aromatic rings. The Labute approximate surface area is 291 Å². The zero-order chi connectivity index (χ0) is 34.7. The van der Waals surface area contributed by atoms with E-state index in [9.17, 15) is 14.4 Å². The summed E-state index contributed by atoms with van der Waals surface area (Å²) in [5, 5.41) is 1.12. The van der Waals surface area contributed by atoms with Gasteiger partial charge in [0.1, 0.15) is 42.1 Å². The van der Waals surface area contributed by atoms with Crippen LogP contribution in [0.4, 0.5) is 4.79 Å². The van der Waals surface area contributed by atoms with Gasteiger partial charge in [-0.05, 0) is 82.1 Å². The van der Waals surface area contributed by atoms with Crippen LogP contribution >= 0.6 is 23.2 Å². The Bertz CT molecular complexity index is 1690. The van der Waals surface area contributed by atoms with Crippen molar-refractivity contribution in [3.05, 3.63) is 93.5 Å². The highest BCUT2D eigenvalue weighted by molar-refractivity contribution is 6.30. The van der Waals surface area contributed by atoms with Crippen molar-refractivity contribution in [1.82, 2.24) is 14.7 Å². The van der Waals surface area contributed by atoms with Crippen molar-refractivity contribution in [3.8, 4) is 11.5 Å². The van der Waals surface area contributed by atoms with Gasteiger partial charge in [-0.3, -0.25) is 19.5 Å². The first-order chi connectivity index (χ1) is 22.7. The molecule has 5 rings (SSSR count). The highest BCUT2D eigenvalue weighted by Crippen LogP contribution is 2.46. The Balaban J connectivity index is 1.57. The van der Waals surface area contributed by atoms with Crippen molar-refractivity contribution >= 4 is 46.9 Å². The van der Waals surface area contributed by atoms with E-state index in [1.165, 1.54) is 9.80 Å². The second-order valence-corrected chi connectivity index (χ2v) is 13.8. The van der Waals surface area contributed by atoms with Gasteiger partial charge in [-0.1, -0.05) is 47.5 Å². The monoisotopic (exact) mass is 694 g/mol. The maximum absolute atomic E-state index is 14.8. The smallest absolute Gasteiger partial charge is 0.326 e. The molecule has 2 heterocycles. The number of urea groups is 1. The molecule has 2 aliphatic heterocycles. The molecule has 1 fully saturated rings. The van der Waals surface area contributed by atoms with E-state index in [0.717, 1.165) is 11.1 Å². The molecule has 10 nitrogen and oxygen atoms in total. The summed E-state index contributed by atoms with van der Waals surface area (Å²) in [6.45, 7) is 9.10. The maximum Gasteiger partial charge on any atom is 0.326 e. The minimum atomic E-state index is -0.680. The third-order valence-corrected chi connectivity index (χ3v) is 8.32. The van der Waals surface area contributed by atoms with Gasteiger partial charge in [0.05, 0.1) is 24.8 Å². The number of hydrogen-bond acceptors (Lipinski definition) is 7. The lowest BCUT2D eigenvalue weighted by molar-refractivity contribution is -0.159. The van der Waals surface area contributed by atoms with Gasteiger partial charge >= 0.3 is 12.0 Å². The molecule has 0 unspecified atom stereocenters. The average Bonchev–Trinajstić information content (AvgIpc) is 3.41. The van der Waals surface area contributed by atoms with Gasteiger partial charge in [0.25, 0.3) is 0 Å². The molecule has 2 aliphatic rings. The van der Waals surface area contributed by atoms with Crippen molar-refractivity contribution in [3.63, 3.8) is 0 Å². The van der Waals surface area contributed by atoms with E-state index in [0.29, 0.717) is 32.9 Å². The Morgan fingerprint density at radius 2 is 1.56 bits per heavy atom. The number of nitrogens with zero attached hydrogens (tertiary/aromatic N) is 4. The van der Waals surface area contributed by atoms with Crippen molar-refractivity contribution in [2.45, 2.75) is 58.4 Å². The van der Waals surface area contributed by atoms with Gasteiger partial charge in [0.15, 0.2) is 0 Å². The Morgan fingerprint density at radius 3 is 2.12 bits per heavy atom. The summed E-state index contributed by atoms with van der Waals surface area (Å²) in [5.74, 6) is 0.591. The summed E-state index contributed by atoms with van der Waals surface area (Å²) >= 11 is 12.6. The fourth-order valence-electron chi connectivity index (χ4n) is 5.74. The number of halogens is 2. The SMILES string of the molecule is COc1ccc(C2=N[C@H](c3ccc(Cl)cc3)[C@H](c3ccc(Cl)cc3)N2C(=O)N2CCN(CC(=O)OC(C)(C)C)C(=O)C2)c(OC(C)C)c1. The number of benzene rings is 3. The van der Waals surface area contributed by atoms with Crippen LogP contribution in [0.15, 0.2) is 71.7 Å². The second kappa shape index (κ2) is 14.5. The third kappa shape index (κ3) is 8.05. The molecule has 2 atom stereocenters. The predicted octanol–water partition coefficient (Wildman–Crippen LogP) is 6.94. The molecular formula is C36H40Cl2N4O6. The second-order valence-electron chi connectivity index (χ2n) is 13.0. The number of methoxy groups -OCH3 is 1. The van der Waals surface area contributed by atoms with E-state index in [2.05, 4.69) is 0 Å². The molecule has 3 aromatic carbocycles. The van der Waals surface area contributed by atoms with Gasteiger partial charge in [-0.25, -0.2) is 4.79 Å². The minimum absolute atomic E-state index is 0.167. The van der Waals surface area contributed by atoms with Crippen molar-refractivity contribution in [2.24, 2.45) is 4.99 Å². The lowest BCUT2D eigenvalue weighted by Crippen LogP contribution is -2.57. The Hall–Kier alpha value is -4.28. The molecule has 0 aromatic heterocycles. The summed E-state index contributed by atoms with van der Waals surface area (Å²) in [6.07, 6.45) is -0.184. The topological polar surface area (TPSA) is 101 Å². The van der Waals surface area contributed by atoms with Crippen LogP contribution in [0.25, 0.3) is 0 Å². The number of hydrogen-bond donors (Lipinski definition) is 0. The molecule has 12 heteroatoms. The van der Waals surface area contributed by atoms with Crippen LogP contribution < -0.4 is 9.47 Å². The minimum Gasteiger partial charge on any atom is -0.497 e. The first-order valence-corrected chi connectivity index (χ1v) is 16.5. The Kier molecular flexibility index (Phi) is 10.6. The van der Waals surface area contributed by atoms with E-state index in [1.807, 2.05) is 44.2 Å². The zero-order valence-corrected chi connectivity index (χ0v) is 29.4. The van der Waals surface area contributed by atoms with Crippen LogP contribution in [0.2, 0.25) is 10.0 Å². The van der Waals surface area contributed by atoms with Gasteiger partial charge < -0.3 is 24.0 Å². The van der Waals surface area contributed by atoms with Crippen LogP contribution in [0, 0.1) is 0 Å². The average molecular weight is 696 g/mol. The largest absolute Gasteiger partial charge is 0.497 e. The highest BCUT2D eigenvalue weighted by atomic mass is 35.5. The van der Waals surface area contributed by atoms with Gasteiger partial charge in [-0.2, -0.15) is 0 Å². The number of esters is 1. The Morgan fingerprint density at radius 1 is 0.938 bits per heavy atom. The maximum atomic E-state index is 14.8. The van der Waals surface area contributed by atoms with Gasteiger partial charge in [0.2, 0.25) is 5.91 Å². The fraction of sp³-hybridized carbons (Fsp3) is 0.389. The van der Waals surface area contributed by atoms with E-state index in [-0.39, 0.29) is 38.2 Å². The number of piperazine rings is 1. The normalized spacial score (nSPS) is 18.2. The lowest BCUT2D eigenvalue weighted by Gasteiger charge is -2.38. The van der Waals surface area contributed by atoms with Crippen molar-refractivity contribution in [2.75, 3.05) is 33.3 Å². The van der Waals surface area contributed by atoms with E-state index in [1.54, 1.807) is 69.2 Å². The number of ether oxygens (including phenoxy) is 3. The standard InChI is InChI=1S/C36H40Cl2N4O6/c1-22(2)47-29-19-27(46-6)15-16-28(29)34-39-32(23-7-11-25(37)12-8-23)33(24-9-13-26(38)14-10-24)42(34)35(45)41-18-17-40(30(43)20-41)21-31(44)48-36(3,4)5/h7-16,19,22,32-33H,17-18,20-21H2,1-6H3/t32-,33+/m1/s1. The summed E-state index contributed by atoms with van der Waals surface area (Å²) in [4.78, 5) is 50.4. The van der Waals surface area contributed by atoms with Gasteiger partial charge in [0, 0.05) is 29.2 Å². The summed E-state index contributed by atoms with van der Waals surface area (Å²) in [7, 11) is 1.57. The molecule has 1 saturated heterocycles. The van der Waals surface area contributed by atoms with Crippen LogP contribution in [0.1, 0.15) is 63.4 Å². The number of carbonyl (C=O) groups excluding carboxylic acids is 3. The fourth-order valence-corrected chi connectivity index (χ4v) is 5.99. The number of amides is 3. The molecule has 0 spiro atoms. The van der Waals surface area contributed by atoms with Crippen molar-refractivity contribution in [1.29, 1.82) is 0 Å². The third-order valence-electron chi connectivity index (χ3n) is 7.82. The predicted molar refractivity (Wildman–Crippen MR) is 185 cm³/mol. The molecule has 0 saturated carbocycles. The molecule has 0 N–H and O–H groups in total. The lowest BCUT2D eigenvalue weighted by atomic mass is 9.93. The van der Waals surface area contributed by atoms with E-state index >= 15 is 0 Å². The van der Waals surface area contributed by atoms with Crippen LogP contribution in [0.3, 0.4) is 0 Å². The van der Waals surface area contributed by atoms with Crippen LogP contribution in [0.5, 0.6) is 11.5 Å². The van der Waals surface area contributed by atoms with Gasteiger partial charge in [-0.15, -0.1) is 0 Å². The molecule has 0 radical (unpaired) electrons. The summed E-state index contributed by atoms with van der Waals surface area (Å²) in [5.41, 5.74) is 1.54. The molecule has 0 bridgehead atoms. The molecule has 0 aliphatic carbocycles. The zero-order valence-electron chi connectivity index (χ0n) is 27.9. The van der Waals surface area contributed by atoms with Crippen LogP contribution in [-0.2, 0) is 14.3 Å². The number of rotatable bonds is 8. The molecule has 48 heavy (non-hydrogen) atoms. The molecular weight excluding hydrogens is 655 g/mol. The number of carbonyl (C=O) groups is 3. The first-order valence-electron chi connectivity index (χ1n) is 15.8. The number of aliphatic imine (C=N–C) groups is 1. The summed E-state index contributed by atoms with van der Waals surface area (Å²) < 4.78 is 17.2. The molecule has 254 valence electrons. The van der Waals surface area contributed by atoms with E-state index < -0.39 is 29.7 Å².